The van der Waals surface area contributed by atoms with Gasteiger partial charge in [-0.25, -0.2) is 0 Å². The van der Waals surface area contributed by atoms with Crippen molar-refractivity contribution in [2.75, 3.05) is 0 Å². The maximum atomic E-state index is 10.5. The predicted octanol–water partition coefficient (Wildman–Crippen LogP) is 3.35. The average Bonchev–Trinajstić information content (AvgIpc) is 2.03. The van der Waals surface area contributed by atoms with E-state index in [0.29, 0.717) is 16.5 Å². The summed E-state index contributed by atoms with van der Waals surface area (Å²) in [4.78, 5) is 10.5. The molecule has 0 fully saturated rings. The lowest BCUT2D eigenvalue weighted by Crippen LogP contribution is -1.94. The molecule has 0 unspecified atom stereocenters. The first-order chi connectivity index (χ1) is 6.13. The van der Waals surface area contributed by atoms with E-state index in [-0.39, 0.29) is 0 Å². The Morgan fingerprint density at radius 2 is 2.15 bits per heavy atom. The third kappa shape index (κ3) is 2.85. The second-order valence-electron chi connectivity index (χ2n) is 3.57. The Hall–Kier alpha value is -0.820. The number of halogens is 1. The van der Waals surface area contributed by atoms with E-state index in [1.54, 1.807) is 6.07 Å². The van der Waals surface area contributed by atoms with Gasteiger partial charge >= 0.3 is 0 Å². The van der Waals surface area contributed by atoms with E-state index in [2.05, 4.69) is 13.8 Å². The summed E-state index contributed by atoms with van der Waals surface area (Å²) in [6.07, 6.45) is 1.78. The summed E-state index contributed by atoms with van der Waals surface area (Å²) < 4.78 is 0. The van der Waals surface area contributed by atoms with Crippen molar-refractivity contribution in [3.05, 3.63) is 34.3 Å². The molecule has 0 saturated heterocycles. The molecule has 1 aromatic rings. The van der Waals surface area contributed by atoms with Gasteiger partial charge in [0.05, 0.1) is 5.02 Å². The summed E-state index contributed by atoms with van der Waals surface area (Å²) in [5, 5.41) is 0.549. The summed E-state index contributed by atoms with van der Waals surface area (Å²) in [7, 11) is 0. The van der Waals surface area contributed by atoms with Gasteiger partial charge in [-0.1, -0.05) is 31.5 Å². The van der Waals surface area contributed by atoms with Crippen LogP contribution >= 0.6 is 11.6 Å². The van der Waals surface area contributed by atoms with Crippen molar-refractivity contribution in [3.8, 4) is 0 Å². The molecule has 0 radical (unpaired) electrons. The molecule has 0 aliphatic heterocycles. The number of carbonyl (C=O) groups is 1. The number of benzene rings is 1. The first-order valence-corrected chi connectivity index (χ1v) is 4.75. The highest BCUT2D eigenvalue weighted by Gasteiger charge is 2.02. The van der Waals surface area contributed by atoms with Gasteiger partial charge in [0, 0.05) is 5.56 Å². The van der Waals surface area contributed by atoms with Gasteiger partial charge in [0.15, 0.2) is 6.29 Å². The Bertz CT molecular complexity index is 305. The molecule has 0 aliphatic carbocycles. The van der Waals surface area contributed by atoms with E-state index < -0.39 is 0 Å². The second-order valence-corrected chi connectivity index (χ2v) is 3.98. The van der Waals surface area contributed by atoms with Crippen molar-refractivity contribution >= 4 is 17.9 Å². The van der Waals surface area contributed by atoms with Crippen molar-refractivity contribution < 1.29 is 4.79 Å². The minimum absolute atomic E-state index is 0.549. The highest BCUT2D eigenvalue weighted by Crippen LogP contribution is 2.18. The van der Waals surface area contributed by atoms with E-state index in [1.165, 1.54) is 5.56 Å². The van der Waals surface area contributed by atoms with E-state index in [1.807, 2.05) is 12.1 Å². The first-order valence-electron chi connectivity index (χ1n) is 4.37. The summed E-state index contributed by atoms with van der Waals surface area (Å²) in [6, 6.07) is 5.59. The molecule has 1 nitrogen and oxygen atoms in total. The molecule has 1 aromatic carbocycles. The molecular formula is C11H13ClO. The first kappa shape index (κ1) is 10.3. The van der Waals surface area contributed by atoms with E-state index in [0.717, 1.165) is 12.7 Å². The van der Waals surface area contributed by atoms with E-state index >= 15 is 0 Å². The van der Waals surface area contributed by atoms with E-state index in [9.17, 15) is 4.79 Å². The van der Waals surface area contributed by atoms with Crippen LogP contribution in [0.1, 0.15) is 29.8 Å². The zero-order chi connectivity index (χ0) is 9.84. The van der Waals surface area contributed by atoms with Crippen LogP contribution in [0.3, 0.4) is 0 Å². The highest BCUT2D eigenvalue weighted by atomic mass is 35.5. The van der Waals surface area contributed by atoms with Crippen LogP contribution in [-0.4, -0.2) is 6.29 Å². The minimum atomic E-state index is 0.549. The summed E-state index contributed by atoms with van der Waals surface area (Å²) in [6.45, 7) is 4.31. The molecule has 0 atom stereocenters. The van der Waals surface area contributed by atoms with Crippen LogP contribution in [0.25, 0.3) is 0 Å². The Morgan fingerprint density at radius 3 is 2.62 bits per heavy atom. The molecule has 0 saturated carbocycles. The normalized spacial score (nSPS) is 10.5. The lowest BCUT2D eigenvalue weighted by Gasteiger charge is -2.05. The number of hydrogen-bond donors (Lipinski definition) is 0. The molecule has 0 heterocycles. The third-order valence-electron chi connectivity index (χ3n) is 1.84. The van der Waals surface area contributed by atoms with Crippen molar-refractivity contribution in [2.45, 2.75) is 20.3 Å². The van der Waals surface area contributed by atoms with Gasteiger partial charge < -0.3 is 0 Å². The van der Waals surface area contributed by atoms with Crippen LogP contribution in [0.5, 0.6) is 0 Å². The summed E-state index contributed by atoms with van der Waals surface area (Å²) in [5.74, 6) is 0.609. The van der Waals surface area contributed by atoms with Crippen molar-refractivity contribution in [2.24, 2.45) is 5.92 Å². The predicted molar refractivity (Wildman–Crippen MR) is 55.4 cm³/mol. The van der Waals surface area contributed by atoms with Gasteiger partial charge in [0.25, 0.3) is 0 Å². The van der Waals surface area contributed by atoms with Gasteiger partial charge in [0.2, 0.25) is 0 Å². The van der Waals surface area contributed by atoms with Gasteiger partial charge in [0.1, 0.15) is 0 Å². The molecule has 0 bridgehead atoms. The molecular weight excluding hydrogens is 184 g/mol. The molecule has 0 N–H and O–H groups in total. The molecule has 70 valence electrons. The molecule has 13 heavy (non-hydrogen) atoms. The maximum absolute atomic E-state index is 10.5. The molecule has 1 rings (SSSR count). The highest BCUT2D eigenvalue weighted by molar-refractivity contribution is 6.33. The van der Waals surface area contributed by atoms with Crippen LogP contribution in [0, 0.1) is 5.92 Å². The average molecular weight is 197 g/mol. The number of rotatable bonds is 3. The second kappa shape index (κ2) is 4.43. The van der Waals surface area contributed by atoms with Gasteiger partial charge in [-0.3, -0.25) is 4.79 Å². The lowest BCUT2D eigenvalue weighted by molar-refractivity contribution is 0.112. The molecule has 0 aromatic heterocycles. The van der Waals surface area contributed by atoms with Crippen molar-refractivity contribution in [1.82, 2.24) is 0 Å². The smallest absolute Gasteiger partial charge is 0.151 e. The van der Waals surface area contributed by atoms with Crippen LogP contribution in [0.2, 0.25) is 5.02 Å². The number of carbonyl (C=O) groups excluding carboxylic acids is 1. The third-order valence-corrected chi connectivity index (χ3v) is 2.16. The molecule has 2 heteroatoms. The van der Waals surface area contributed by atoms with Gasteiger partial charge in [-0.15, -0.1) is 0 Å². The van der Waals surface area contributed by atoms with Crippen LogP contribution in [0.15, 0.2) is 18.2 Å². The Morgan fingerprint density at radius 1 is 1.46 bits per heavy atom. The summed E-state index contributed by atoms with van der Waals surface area (Å²) in [5.41, 5.74) is 1.75. The SMILES string of the molecule is CC(C)Cc1ccc(C=O)c(Cl)c1. The summed E-state index contributed by atoms with van der Waals surface area (Å²) >= 11 is 5.88. The standard InChI is InChI=1S/C11H13ClO/c1-8(2)5-9-3-4-10(7-13)11(12)6-9/h3-4,6-8H,5H2,1-2H3. The zero-order valence-corrected chi connectivity index (χ0v) is 8.64. The Balaban J connectivity index is 2.89. The fourth-order valence-electron chi connectivity index (χ4n) is 1.26. The number of aldehydes is 1. The van der Waals surface area contributed by atoms with Crippen molar-refractivity contribution in [1.29, 1.82) is 0 Å². The molecule has 0 aliphatic rings. The van der Waals surface area contributed by atoms with Crippen molar-refractivity contribution in [3.63, 3.8) is 0 Å². The Kier molecular flexibility index (Phi) is 3.49. The van der Waals surface area contributed by atoms with E-state index in [4.69, 9.17) is 11.6 Å². The van der Waals surface area contributed by atoms with Gasteiger partial charge in [-0.2, -0.15) is 0 Å². The van der Waals surface area contributed by atoms with Crippen LogP contribution < -0.4 is 0 Å². The van der Waals surface area contributed by atoms with Crippen LogP contribution in [0.4, 0.5) is 0 Å². The van der Waals surface area contributed by atoms with Crippen LogP contribution in [-0.2, 0) is 6.42 Å². The monoisotopic (exact) mass is 196 g/mol. The fourth-order valence-corrected chi connectivity index (χ4v) is 1.51. The topological polar surface area (TPSA) is 17.1 Å². The lowest BCUT2D eigenvalue weighted by atomic mass is 10.0. The fraction of sp³-hybridized carbons (Fsp3) is 0.364. The zero-order valence-electron chi connectivity index (χ0n) is 7.88. The largest absolute Gasteiger partial charge is 0.298 e. The minimum Gasteiger partial charge on any atom is -0.298 e. The Labute approximate surface area is 83.7 Å². The maximum Gasteiger partial charge on any atom is 0.151 e. The van der Waals surface area contributed by atoms with Gasteiger partial charge in [-0.05, 0) is 30.0 Å². The quantitative estimate of drug-likeness (QED) is 0.678. The number of hydrogen-bond acceptors (Lipinski definition) is 1. The molecule has 0 spiro atoms. The molecule has 0 amide bonds.